The Hall–Kier alpha value is -2.03. The molecule has 2 atom stereocenters. The molecule has 1 aliphatic heterocycles. The van der Waals surface area contributed by atoms with E-state index in [1.165, 1.54) is 12.8 Å². The van der Waals surface area contributed by atoms with Crippen LogP contribution in [0.3, 0.4) is 0 Å². The lowest BCUT2D eigenvalue weighted by atomic mass is 9.95. The Morgan fingerprint density at radius 1 is 1.08 bits per heavy atom. The largest absolute Gasteiger partial charge is 0.493 e. The molecule has 2 amide bonds. The maximum absolute atomic E-state index is 13.7. The third kappa shape index (κ3) is 9.31. The molecule has 1 heterocycles. The van der Waals surface area contributed by atoms with Crippen molar-refractivity contribution in [2.45, 2.75) is 83.8 Å². The number of hydrogen-bond acceptors (Lipinski definition) is 6. The first-order chi connectivity index (χ1) is 17.9. The molecule has 0 aromatic heterocycles. The zero-order chi connectivity index (χ0) is 26.8. The monoisotopic (exact) mass is 553 g/mol. The number of rotatable bonds is 15. The minimum absolute atomic E-state index is 0. The molecule has 1 N–H and O–H groups in total. The molecule has 38 heavy (non-hydrogen) atoms. The quantitative estimate of drug-likeness (QED) is 0.321. The molecule has 1 aromatic carbocycles. The summed E-state index contributed by atoms with van der Waals surface area (Å²) < 4.78 is 16.4. The van der Waals surface area contributed by atoms with Crippen molar-refractivity contribution in [3.05, 3.63) is 23.8 Å². The van der Waals surface area contributed by atoms with Gasteiger partial charge in [0.05, 0.1) is 13.7 Å². The van der Waals surface area contributed by atoms with E-state index in [0.717, 1.165) is 38.8 Å². The number of benzene rings is 1. The second kappa shape index (κ2) is 16.2. The molecule has 0 radical (unpaired) electrons. The molecule has 1 aromatic rings. The molecule has 1 saturated heterocycles. The molecular formula is C29H48ClN3O5. The fourth-order valence-electron chi connectivity index (χ4n) is 5.13. The molecule has 3 rings (SSSR count). The fourth-order valence-corrected chi connectivity index (χ4v) is 5.13. The van der Waals surface area contributed by atoms with Gasteiger partial charge in [0.25, 0.3) is 5.91 Å². The van der Waals surface area contributed by atoms with Gasteiger partial charge in [0.2, 0.25) is 5.91 Å². The van der Waals surface area contributed by atoms with Crippen LogP contribution >= 0.6 is 12.4 Å². The van der Waals surface area contributed by atoms with Crippen LogP contribution in [0.2, 0.25) is 0 Å². The predicted octanol–water partition coefficient (Wildman–Crippen LogP) is 4.54. The molecule has 1 aliphatic carbocycles. The number of halogens is 1. The van der Waals surface area contributed by atoms with Crippen LogP contribution in [0.5, 0.6) is 11.5 Å². The number of piperidine rings is 1. The minimum Gasteiger partial charge on any atom is -0.493 e. The Bertz CT molecular complexity index is 872. The van der Waals surface area contributed by atoms with E-state index in [1.807, 2.05) is 4.90 Å². The molecule has 2 fully saturated rings. The van der Waals surface area contributed by atoms with Crippen molar-refractivity contribution >= 4 is 24.2 Å². The number of hydrogen-bond donors (Lipinski definition) is 1. The van der Waals surface area contributed by atoms with E-state index < -0.39 is 0 Å². The zero-order valence-electron chi connectivity index (χ0n) is 23.9. The van der Waals surface area contributed by atoms with Gasteiger partial charge in [-0.05, 0) is 70.1 Å². The predicted molar refractivity (Wildman–Crippen MR) is 153 cm³/mol. The summed E-state index contributed by atoms with van der Waals surface area (Å²) in [5.41, 5.74) is 0.587. The van der Waals surface area contributed by atoms with Gasteiger partial charge in [0, 0.05) is 69.9 Å². The lowest BCUT2D eigenvalue weighted by molar-refractivity contribution is -0.132. The molecular weight excluding hydrogens is 506 g/mol. The van der Waals surface area contributed by atoms with Crippen LogP contribution in [-0.4, -0.2) is 86.8 Å². The highest BCUT2D eigenvalue weighted by Gasteiger charge is 2.33. The van der Waals surface area contributed by atoms with Crippen molar-refractivity contribution in [3.63, 3.8) is 0 Å². The molecule has 2 aliphatic rings. The third-order valence-corrected chi connectivity index (χ3v) is 7.28. The van der Waals surface area contributed by atoms with Gasteiger partial charge in [-0.25, -0.2) is 0 Å². The van der Waals surface area contributed by atoms with Crippen LogP contribution in [0.4, 0.5) is 0 Å². The zero-order valence-corrected chi connectivity index (χ0v) is 24.7. The summed E-state index contributed by atoms with van der Waals surface area (Å²) in [4.78, 5) is 30.7. The van der Waals surface area contributed by atoms with Crippen molar-refractivity contribution in [3.8, 4) is 11.5 Å². The molecule has 8 nitrogen and oxygen atoms in total. The Morgan fingerprint density at radius 2 is 1.84 bits per heavy atom. The normalized spacial score (nSPS) is 19.0. The van der Waals surface area contributed by atoms with Crippen molar-refractivity contribution in [2.75, 3.05) is 47.1 Å². The highest BCUT2D eigenvalue weighted by molar-refractivity contribution is 5.95. The lowest BCUT2D eigenvalue weighted by Gasteiger charge is -2.40. The van der Waals surface area contributed by atoms with Crippen molar-refractivity contribution < 1.29 is 23.8 Å². The topological polar surface area (TPSA) is 80.3 Å². The van der Waals surface area contributed by atoms with Crippen molar-refractivity contribution in [1.82, 2.24) is 15.1 Å². The maximum atomic E-state index is 13.7. The number of ether oxygens (including phenoxy) is 3. The van der Waals surface area contributed by atoms with Crippen LogP contribution in [0.1, 0.15) is 76.1 Å². The third-order valence-electron chi connectivity index (χ3n) is 7.28. The summed E-state index contributed by atoms with van der Waals surface area (Å²) in [7, 11) is 3.26. The summed E-state index contributed by atoms with van der Waals surface area (Å²) in [5, 5.41) is 3.58. The van der Waals surface area contributed by atoms with Gasteiger partial charge in [-0.3, -0.25) is 9.59 Å². The fraction of sp³-hybridized carbons (Fsp3) is 0.724. The Morgan fingerprint density at radius 3 is 2.42 bits per heavy atom. The van der Waals surface area contributed by atoms with Gasteiger partial charge in [0.1, 0.15) is 0 Å². The summed E-state index contributed by atoms with van der Waals surface area (Å²) >= 11 is 0. The van der Waals surface area contributed by atoms with Crippen LogP contribution in [-0.2, 0) is 9.53 Å². The SMILES string of the molecule is CCCN(CC1CC1)C(=O)C[C@H]1CC[C@@H](N(C(=O)c2ccc(OC)c(OCCCOC)c2)C(C)C)CN1.Cl. The first-order valence-corrected chi connectivity index (χ1v) is 14.0. The summed E-state index contributed by atoms with van der Waals surface area (Å²) in [5.74, 6) is 2.13. The Kier molecular flexibility index (Phi) is 13.7. The van der Waals surface area contributed by atoms with Gasteiger partial charge >= 0.3 is 0 Å². The molecule has 0 spiro atoms. The van der Waals surface area contributed by atoms with Gasteiger partial charge in [0.15, 0.2) is 11.5 Å². The first-order valence-electron chi connectivity index (χ1n) is 14.0. The van der Waals surface area contributed by atoms with E-state index in [-0.39, 0.29) is 42.3 Å². The molecule has 0 unspecified atom stereocenters. The number of carbonyl (C=O) groups is 2. The highest BCUT2D eigenvalue weighted by atomic mass is 35.5. The summed E-state index contributed by atoms with van der Waals surface area (Å²) in [6.45, 7) is 9.79. The number of carbonyl (C=O) groups excluding carboxylic acids is 2. The van der Waals surface area contributed by atoms with Gasteiger partial charge in [-0.15, -0.1) is 12.4 Å². The van der Waals surface area contributed by atoms with Gasteiger partial charge < -0.3 is 29.3 Å². The highest BCUT2D eigenvalue weighted by Crippen LogP contribution is 2.31. The maximum Gasteiger partial charge on any atom is 0.254 e. The average Bonchev–Trinajstić information content (AvgIpc) is 3.71. The summed E-state index contributed by atoms with van der Waals surface area (Å²) in [6, 6.07) is 5.66. The van der Waals surface area contributed by atoms with Crippen molar-refractivity contribution in [1.29, 1.82) is 0 Å². The lowest BCUT2D eigenvalue weighted by Crippen LogP contribution is -2.54. The van der Waals surface area contributed by atoms with E-state index in [9.17, 15) is 9.59 Å². The average molecular weight is 554 g/mol. The second-order valence-electron chi connectivity index (χ2n) is 10.7. The number of nitrogens with one attached hydrogen (secondary N) is 1. The van der Waals surface area contributed by atoms with Crippen LogP contribution in [0, 0.1) is 5.92 Å². The number of methoxy groups -OCH3 is 2. The van der Waals surface area contributed by atoms with E-state index in [2.05, 4.69) is 31.0 Å². The van der Waals surface area contributed by atoms with Gasteiger partial charge in [-0.1, -0.05) is 6.92 Å². The van der Waals surface area contributed by atoms with E-state index in [1.54, 1.807) is 32.4 Å². The Labute approximate surface area is 235 Å². The molecule has 216 valence electrons. The van der Waals surface area contributed by atoms with E-state index in [4.69, 9.17) is 14.2 Å². The molecule has 1 saturated carbocycles. The molecule has 0 bridgehead atoms. The first kappa shape index (κ1) is 32.2. The van der Waals surface area contributed by atoms with Crippen molar-refractivity contribution in [2.24, 2.45) is 5.92 Å². The van der Waals surface area contributed by atoms with E-state index >= 15 is 0 Å². The number of nitrogens with zero attached hydrogens (tertiary/aromatic N) is 2. The standard InChI is InChI=1S/C29H47N3O5.ClH/c1-6-14-31(20-22-8-9-22)28(33)18-24-11-12-25(19-30-24)32(21(2)3)29(34)23-10-13-26(36-5)27(17-23)37-16-7-15-35-4;/h10,13,17,21-22,24-25,30H,6-9,11-12,14-16,18-20H2,1-5H3;1H/t24-,25-;/m1./s1. The minimum atomic E-state index is -0.0146. The van der Waals surface area contributed by atoms with Crippen LogP contribution < -0.4 is 14.8 Å². The Balaban J connectivity index is 0.00000507. The smallest absolute Gasteiger partial charge is 0.254 e. The van der Waals surface area contributed by atoms with Crippen LogP contribution in [0.15, 0.2) is 18.2 Å². The summed E-state index contributed by atoms with van der Waals surface area (Å²) in [6.07, 6.45) is 6.56. The number of amides is 2. The second-order valence-corrected chi connectivity index (χ2v) is 10.7. The van der Waals surface area contributed by atoms with E-state index in [0.29, 0.717) is 49.2 Å². The van der Waals surface area contributed by atoms with Crippen LogP contribution in [0.25, 0.3) is 0 Å². The van der Waals surface area contributed by atoms with Gasteiger partial charge in [-0.2, -0.15) is 0 Å². The molecule has 9 heteroatoms.